The topological polar surface area (TPSA) is 86.6 Å². The number of hydrogen-bond acceptors (Lipinski definition) is 3. The van der Waals surface area contributed by atoms with Gasteiger partial charge in [0, 0.05) is 12.1 Å². The number of benzene rings is 1. The summed E-state index contributed by atoms with van der Waals surface area (Å²) in [6.07, 6.45) is -1.47. The van der Waals surface area contributed by atoms with Gasteiger partial charge in [-0.25, -0.2) is 0 Å². The van der Waals surface area contributed by atoms with Gasteiger partial charge >= 0.3 is 5.97 Å². The summed E-state index contributed by atoms with van der Waals surface area (Å²) in [6, 6.07) is 6.32. The fourth-order valence-electron chi connectivity index (χ4n) is 1.43. The molecule has 0 saturated carbocycles. The fraction of sp³-hybridized carbons (Fsp3) is 0.333. The Hall–Kier alpha value is -1.88. The average Bonchev–Trinajstić information content (AvgIpc) is 2.28. The number of aliphatic carboxylic acids is 1. The molecule has 0 bridgehead atoms. The molecule has 1 amide bonds. The maximum atomic E-state index is 11.5. The van der Waals surface area contributed by atoms with Crippen LogP contribution in [0.1, 0.15) is 35.4 Å². The Morgan fingerprint density at radius 1 is 1.41 bits per heavy atom. The summed E-state index contributed by atoms with van der Waals surface area (Å²) >= 11 is 0. The van der Waals surface area contributed by atoms with Gasteiger partial charge in [0.25, 0.3) is 5.91 Å². The van der Waals surface area contributed by atoms with Gasteiger partial charge in [-0.3, -0.25) is 9.59 Å². The van der Waals surface area contributed by atoms with Crippen molar-refractivity contribution in [3.05, 3.63) is 35.4 Å². The normalized spacial score (nSPS) is 11.9. The third-order valence-corrected chi connectivity index (χ3v) is 2.24. The number of aliphatic hydroxyl groups is 1. The van der Waals surface area contributed by atoms with Crippen molar-refractivity contribution in [3.8, 4) is 0 Å². The van der Waals surface area contributed by atoms with E-state index in [1.165, 1.54) is 6.07 Å². The molecule has 0 fully saturated rings. The standard InChI is InChI=1S/C12H15NO4/c1-2-13-12(17)9-5-3-4-8(6-9)10(14)7-11(15)16/h3-6,10,14H,2,7H2,1H3,(H,13,17)(H,15,16)/t10-/m1/s1. The molecular formula is C12H15NO4. The van der Waals surface area contributed by atoms with Crippen LogP contribution in [0.3, 0.4) is 0 Å². The summed E-state index contributed by atoms with van der Waals surface area (Å²) < 4.78 is 0. The van der Waals surface area contributed by atoms with E-state index >= 15 is 0 Å². The van der Waals surface area contributed by atoms with Gasteiger partial charge in [-0.1, -0.05) is 12.1 Å². The van der Waals surface area contributed by atoms with E-state index < -0.39 is 12.1 Å². The second-order valence-corrected chi connectivity index (χ2v) is 3.60. The van der Waals surface area contributed by atoms with Crippen molar-refractivity contribution in [1.29, 1.82) is 0 Å². The zero-order valence-corrected chi connectivity index (χ0v) is 9.51. The molecule has 1 aromatic carbocycles. The molecule has 17 heavy (non-hydrogen) atoms. The Kier molecular flexibility index (Phi) is 4.66. The molecule has 92 valence electrons. The number of carboxylic acids is 1. The molecule has 1 atom stereocenters. The monoisotopic (exact) mass is 237 g/mol. The fourth-order valence-corrected chi connectivity index (χ4v) is 1.43. The molecule has 1 rings (SSSR count). The molecule has 0 aliphatic rings. The molecule has 0 aliphatic heterocycles. The van der Waals surface area contributed by atoms with Crippen LogP contribution < -0.4 is 5.32 Å². The summed E-state index contributed by atoms with van der Waals surface area (Å²) in [5.74, 6) is -1.32. The van der Waals surface area contributed by atoms with Crippen molar-refractivity contribution in [3.63, 3.8) is 0 Å². The lowest BCUT2D eigenvalue weighted by molar-refractivity contribution is -0.139. The summed E-state index contributed by atoms with van der Waals surface area (Å²) in [5.41, 5.74) is 0.838. The highest BCUT2D eigenvalue weighted by atomic mass is 16.4. The SMILES string of the molecule is CCNC(=O)c1cccc([C@H](O)CC(=O)O)c1. The van der Waals surface area contributed by atoms with Crippen molar-refractivity contribution in [1.82, 2.24) is 5.32 Å². The first-order valence-corrected chi connectivity index (χ1v) is 5.32. The Morgan fingerprint density at radius 2 is 2.12 bits per heavy atom. The number of carbonyl (C=O) groups excluding carboxylic acids is 1. The number of amides is 1. The molecule has 0 radical (unpaired) electrons. The van der Waals surface area contributed by atoms with Crippen LogP contribution in [-0.4, -0.2) is 28.6 Å². The third-order valence-electron chi connectivity index (χ3n) is 2.24. The quantitative estimate of drug-likeness (QED) is 0.711. The smallest absolute Gasteiger partial charge is 0.306 e. The first-order valence-electron chi connectivity index (χ1n) is 5.32. The van der Waals surface area contributed by atoms with Gasteiger partial charge in [0.2, 0.25) is 0 Å². The molecule has 0 unspecified atom stereocenters. The Labute approximate surface area is 99.1 Å². The van der Waals surface area contributed by atoms with Gasteiger partial charge in [-0.15, -0.1) is 0 Å². The van der Waals surface area contributed by atoms with E-state index in [1.54, 1.807) is 25.1 Å². The van der Waals surface area contributed by atoms with Crippen molar-refractivity contribution >= 4 is 11.9 Å². The van der Waals surface area contributed by atoms with E-state index in [0.717, 1.165) is 0 Å². The maximum absolute atomic E-state index is 11.5. The number of hydrogen-bond donors (Lipinski definition) is 3. The number of rotatable bonds is 5. The van der Waals surface area contributed by atoms with Crippen molar-refractivity contribution < 1.29 is 19.8 Å². The number of aliphatic hydroxyl groups excluding tert-OH is 1. The van der Waals surface area contributed by atoms with Gasteiger partial charge in [0.05, 0.1) is 12.5 Å². The minimum Gasteiger partial charge on any atom is -0.481 e. The summed E-state index contributed by atoms with van der Waals surface area (Å²) in [4.78, 5) is 22.0. The van der Waals surface area contributed by atoms with Crippen LogP contribution in [0.4, 0.5) is 0 Å². The van der Waals surface area contributed by atoms with E-state index in [2.05, 4.69) is 5.32 Å². The van der Waals surface area contributed by atoms with Gasteiger partial charge < -0.3 is 15.5 Å². The summed E-state index contributed by atoms with van der Waals surface area (Å²) in [6.45, 7) is 2.32. The molecule has 0 heterocycles. The number of carbonyl (C=O) groups is 2. The van der Waals surface area contributed by atoms with Gasteiger partial charge in [0.1, 0.15) is 0 Å². The Morgan fingerprint density at radius 3 is 2.71 bits per heavy atom. The second kappa shape index (κ2) is 6.00. The molecule has 1 aromatic rings. The lowest BCUT2D eigenvalue weighted by Crippen LogP contribution is -2.22. The van der Waals surface area contributed by atoms with Gasteiger partial charge in [-0.05, 0) is 24.6 Å². The first-order chi connectivity index (χ1) is 8.04. The predicted octanol–water partition coefficient (Wildman–Crippen LogP) is 0.944. The highest BCUT2D eigenvalue weighted by Crippen LogP contribution is 2.17. The zero-order chi connectivity index (χ0) is 12.8. The van der Waals surface area contributed by atoms with Crippen molar-refractivity contribution in [2.75, 3.05) is 6.54 Å². The van der Waals surface area contributed by atoms with Gasteiger partial charge in [0.15, 0.2) is 0 Å². The van der Waals surface area contributed by atoms with Crippen LogP contribution in [0.15, 0.2) is 24.3 Å². The van der Waals surface area contributed by atoms with Crippen LogP contribution in [0.2, 0.25) is 0 Å². The first kappa shape index (κ1) is 13.2. The van der Waals surface area contributed by atoms with Gasteiger partial charge in [-0.2, -0.15) is 0 Å². The van der Waals surface area contributed by atoms with Crippen LogP contribution >= 0.6 is 0 Å². The predicted molar refractivity (Wildman–Crippen MR) is 61.7 cm³/mol. The Balaban J connectivity index is 2.85. The lowest BCUT2D eigenvalue weighted by Gasteiger charge is -2.10. The summed E-state index contributed by atoms with van der Waals surface area (Å²) in [5, 5.41) is 20.8. The molecule has 5 heteroatoms. The molecule has 0 aromatic heterocycles. The van der Waals surface area contributed by atoms with E-state index in [-0.39, 0.29) is 12.3 Å². The minimum absolute atomic E-state index is 0.239. The van der Waals surface area contributed by atoms with E-state index in [4.69, 9.17) is 5.11 Å². The molecular weight excluding hydrogens is 222 g/mol. The molecule has 0 aliphatic carbocycles. The molecule has 3 N–H and O–H groups in total. The van der Waals surface area contributed by atoms with Crippen molar-refractivity contribution in [2.45, 2.75) is 19.4 Å². The van der Waals surface area contributed by atoms with E-state index in [0.29, 0.717) is 17.7 Å². The second-order valence-electron chi connectivity index (χ2n) is 3.60. The van der Waals surface area contributed by atoms with E-state index in [1.807, 2.05) is 0 Å². The lowest BCUT2D eigenvalue weighted by atomic mass is 10.0. The maximum Gasteiger partial charge on any atom is 0.306 e. The Bertz CT molecular complexity index is 417. The average molecular weight is 237 g/mol. The largest absolute Gasteiger partial charge is 0.481 e. The van der Waals surface area contributed by atoms with Crippen molar-refractivity contribution in [2.24, 2.45) is 0 Å². The molecule has 0 saturated heterocycles. The minimum atomic E-state index is -1.10. The van der Waals surface area contributed by atoms with E-state index in [9.17, 15) is 14.7 Å². The van der Waals surface area contributed by atoms with Crippen LogP contribution in [0.5, 0.6) is 0 Å². The summed E-state index contributed by atoms with van der Waals surface area (Å²) in [7, 11) is 0. The number of nitrogens with one attached hydrogen (secondary N) is 1. The third kappa shape index (κ3) is 3.88. The highest BCUT2D eigenvalue weighted by molar-refractivity contribution is 5.94. The van der Waals surface area contributed by atoms with Crippen LogP contribution in [0, 0.1) is 0 Å². The van der Waals surface area contributed by atoms with Crippen LogP contribution in [-0.2, 0) is 4.79 Å². The highest BCUT2D eigenvalue weighted by Gasteiger charge is 2.13. The zero-order valence-electron chi connectivity index (χ0n) is 9.51. The molecule has 5 nitrogen and oxygen atoms in total. The molecule has 0 spiro atoms. The van der Waals surface area contributed by atoms with Crippen LogP contribution in [0.25, 0.3) is 0 Å². The number of carboxylic acid groups (broad SMARTS) is 1.